The van der Waals surface area contributed by atoms with Crippen LogP contribution in [0.1, 0.15) is 49.7 Å². The molecule has 0 spiro atoms. The van der Waals surface area contributed by atoms with Crippen molar-refractivity contribution in [1.29, 1.82) is 0 Å². The number of hydrogen-bond donors (Lipinski definition) is 3. The van der Waals surface area contributed by atoms with E-state index in [1.54, 1.807) is 26.0 Å². The Morgan fingerprint density at radius 2 is 2.00 bits per heavy atom. The Morgan fingerprint density at radius 3 is 2.57 bits per heavy atom. The van der Waals surface area contributed by atoms with Gasteiger partial charge in [-0.1, -0.05) is 6.92 Å². The average Bonchev–Trinajstić information content (AvgIpc) is 2.33. The summed E-state index contributed by atoms with van der Waals surface area (Å²) in [4.78, 5) is 27.6. The second kappa shape index (κ2) is 7.06. The van der Waals surface area contributed by atoms with Gasteiger partial charge in [0.2, 0.25) is 5.91 Å². The first kappa shape index (κ1) is 16.9. The first-order chi connectivity index (χ1) is 9.73. The number of amides is 2. The lowest BCUT2D eigenvalue weighted by atomic mass is 9.99. The summed E-state index contributed by atoms with van der Waals surface area (Å²) in [6.07, 6.45) is 1.06. The van der Waals surface area contributed by atoms with Crippen molar-refractivity contribution in [2.45, 2.75) is 46.1 Å². The van der Waals surface area contributed by atoms with Gasteiger partial charge < -0.3 is 16.4 Å². The van der Waals surface area contributed by atoms with E-state index in [4.69, 9.17) is 5.73 Å². The van der Waals surface area contributed by atoms with Gasteiger partial charge in [0, 0.05) is 29.8 Å². The number of carbonyl (C=O) groups is 2. The van der Waals surface area contributed by atoms with Gasteiger partial charge >= 0.3 is 0 Å². The molecule has 0 aliphatic rings. The SMILES string of the molecule is CCCNc1cc(C(=O)NC(C)(C)CC(N)=O)cc(C)n1. The van der Waals surface area contributed by atoms with E-state index in [1.165, 1.54) is 0 Å². The zero-order valence-corrected chi connectivity index (χ0v) is 13.1. The van der Waals surface area contributed by atoms with Crippen molar-refractivity contribution in [1.82, 2.24) is 10.3 Å². The van der Waals surface area contributed by atoms with Crippen LogP contribution in [0, 0.1) is 6.92 Å². The van der Waals surface area contributed by atoms with Crippen molar-refractivity contribution in [3.05, 3.63) is 23.4 Å². The van der Waals surface area contributed by atoms with Crippen molar-refractivity contribution in [3.63, 3.8) is 0 Å². The highest BCUT2D eigenvalue weighted by atomic mass is 16.2. The fraction of sp³-hybridized carbons (Fsp3) is 0.533. The molecule has 1 heterocycles. The molecule has 1 rings (SSSR count). The van der Waals surface area contributed by atoms with Crippen LogP contribution in [0.3, 0.4) is 0 Å². The normalized spacial score (nSPS) is 11.0. The third kappa shape index (κ3) is 5.81. The molecule has 1 aromatic heterocycles. The van der Waals surface area contributed by atoms with Crippen molar-refractivity contribution in [2.75, 3.05) is 11.9 Å². The lowest BCUT2D eigenvalue weighted by Crippen LogP contribution is -2.46. The van der Waals surface area contributed by atoms with E-state index in [2.05, 4.69) is 22.5 Å². The van der Waals surface area contributed by atoms with Gasteiger partial charge in [0.15, 0.2) is 0 Å². The minimum absolute atomic E-state index is 0.0871. The molecule has 0 fully saturated rings. The molecule has 0 atom stereocenters. The number of nitrogens with two attached hydrogens (primary N) is 1. The molecule has 0 bridgehead atoms. The number of pyridine rings is 1. The molecule has 21 heavy (non-hydrogen) atoms. The Balaban J connectivity index is 2.86. The highest BCUT2D eigenvalue weighted by Crippen LogP contribution is 2.13. The number of primary amides is 1. The molecule has 0 aromatic carbocycles. The quantitative estimate of drug-likeness (QED) is 0.711. The maximum atomic E-state index is 12.3. The van der Waals surface area contributed by atoms with E-state index in [0.717, 1.165) is 18.7 Å². The van der Waals surface area contributed by atoms with Gasteiger partial charge in [-0.3, -0.25) is 9.59 Å². The van der Waals surface area contributed by atoms with E-state index >= 15 is 0 Å². The second-order valence-electron chi connectivity index (χ2n) is 5.79. The Labute approximate surface area is 125 Å². The molecule has 0 aliphatic carbocycles. The van der Waals surface area contributed by atoms with Crippen molar-refractivity contribution < 1.29 is 9.59 Å². The van der Waals surface area contributed by atoms with Gasteiger partial charge in [-0.25, -0.2) is 4.98 Å². The molecule has 0 saturated carbocycles. The van der Waals surface area contributed by atoms with Crippen LogP contribution in [0.25, 0.3) is 0 Å². The van der Waals surface area contributed by atoms with Crippen LogP contribution in [0.15, 0.2) is 12.1 Å². The highest BCUT2D eigenvalue weighted by molar-refractivity contribution is 5.95. The summed E-state index contributed by atoms with van der Waals surface area (Å²) in [5.41, 5.74) is 5.77. The predicted octanol–water partition coefficient (Wildman–Crippen LogP) is 1.60. The van der Waals surface area contributed by atoms with Gasteiger partial charge in [-0.15, -0.1) is 0 Å². The lowest BCUT2D eigenvalue weighted by molar-refractivity contribution is -0.119. The molecule has 0 radical (unpaired) electrons. The minimum Gasteiger partial charge on any atom is -0.370 e. The monoisotopic (exact) mass is 292 g/mol. The van der Waals surface area contributed by atoms with E-state index in [-0.39, 0.29) is 12.3 Å². The van der Waals surface area contributed by atoms with E-state index < -0.39 is 11.4 Å². The topological polar surface area (TPSA) is 97.1 Å². The van der Waals surface area contributed by atoms with Gasteiger partial charge in [0.25, 0.3) is 5.91 Å². The Hall–Kier alpha value is -2.11. The maximum Gasteiger partial charge on any atom is 0.251 e. The molecular formula is C15H24N4O2. The summed E-state index contributed by atoms with van der Waals surface area (Å²) >= 11 is 0. The van der Waals surface area contributed by atoms with Gasteiger partial charge in [-0.2, -0.15) is 0 Å². The molecule has 0 saturated heterocycles. The number of hydrogen-bond acceptors (Lipinski definition) is 4. The third-order valence-corrected chi connectivity index (χ3v) is 2.84. The van der Waals surface area contributed by atoms with Crippen LogP contribution >= 0.6 is 0 Å². The van der Waals surface area contributed by atoms with Gasteiger partial charge in [0.1, 0.15) is 5.82 Å². The smallest absolute Gasteiger partial charge is 0.251 e. The fourth-order valence-electron chi connectivity index (χ4n) is 2.00. The molecule has 1 aromatic rings. The van der Waals surface area contributed by atoms with Crippen LogP contribution in [0.5, 0.6) is 0 Å². The number of rotatable bonds is 7. The predicted molar refractivity (Wildman–Crippen MR) is 83.1 cm³/mol. The molecule has 2 amide bonds. The number of anilines is 1. The van der Waals surface area contributed by atoms with Gasteiger partial charge in [0.05, 0.1) is 0 Å². The fourth-order valence-corrected chi connectivity index (χ4v) is 2.00. The number of carbonyl (C=O) groups excluding carboxylic acids is 2. The number of aryl methyl sites for hydroxylation is 1. The number of nitrogens with zero attached hydrogens (tertiary/aromatic N) is 1. The summed E-state index contributed by atoms with van der Waals surface area (Å²) in [7, 11) is 0. The molecule has 4 N–H and O–H groups in total. The Bertz CT molecular complexity index is 526. The summed E-state index contributed by atoms with van der Waals surface area (Å²) in [5, 5.41) is 5.98. The molecule has 0 unspecified atom stereocenters. The highest BCUT2D eigenvalue weighted by Gasteiger charge is 2.23. The zero-order chi connectivity index (χ0) is 16.0. The molecule has 6 heteroatoms. The zero-order valence-electron chi connectivity index (χ0n) is 13.1. The summed E-state index contributed by atoms with van der Waals surface area (Å²) < 4.78 is 0. The number of aromatic nitrogens is 1. The van der Waals surface area contributed by atoms with Crippen LogP contribution < -0.4 is 16.4 Å². The van der Waals surface area contributed by atoms with Crippen molar-refractivity contribution in [2.24, 2.45) is 5.73 Å². The molecule has 6 nitrogen and oxygen atoms in total. The minimum atomic E-state index is -0.683. The second-order valence-corrected chi connectivity index (χ2v) is 5.79. The Kier molecular flexibility index (Phi) is 5.69. The van der Waals surface area contributed by atoms with E-state index in [0.29, 0.717) is 11.4 Å². The van der Waals surface area contributed by atoms with Crippen LogP contribution in [-0.4, -0.2) is 28.9 Å². The first-order valence-corrected chi connectivity index (χ1v) is 7.07. The van der Waals surface area contributed by atoms with Gasteiger partial charge in [-0.05, 0) is 39.3 Å². The molecular weight excluding hydrogens is 268 g/mol. The summed E-state index contributed by atoms with van der Waals surface area (Å²) in [5.74, 6) is -0.0162. The van der Waals surface area contributed by atoms with Crippen molar-refractivity contribution in [3.8, 4) is 0 Å². The average molecular weight is 292 g/mol. The standard InChI is InChI=1S/C15H24N4O2/c1-5-6-17-13-8-11(7-10(2)18-13)14(21)19-15(3,4)9-12(16)20/h7-8H,5-6,9H2,1-4H3,(H2,16,20)(H,17,18)(H,19,21). The van der Waals surface area contributed by atoms with Crippen LogP contribution in [-0.2, 0) is 4.79 Å². The van der Waals surface area contributed by atoms with Crippen LogP contribution in [0.4, 0.5) is 5.82 Å². The van der Waals surface area contributed by atoms with Crippen molar-refractivity contribution >= 4 is 17.6 Å². The summed E-state index contributed by atoms with van der Waals surface area (Å²) in [6.45, 7) is 8.22. The van der Waals surface area contributed by atoms with E-state index in [9.17, 15) is 9.59 Å². The summed E-state index contributed by atoms with van der Waals surface area (Å²) in [6, 6.07) is 3.42. The van der Waals surface area contributed by atoms with Crippen LogP contribution in [0.2, 0.25) is 0 Å². The lowest BCUT2D eigenvalue weighted by Gasteiger charge is -2.25. The first-order valence-electron chi connectivity index (χ1n) is 7.07. The Morgan fingerprint density at radius 1 is 1.33 bits per heavy atom. The largest absolute Gasteiger partial charge is 0.370 e. The molecule has 116 valence electrons. The number of nitrogens with one attached hydrogen (secondary N) is 2. The van der Waals surface area contributed by atoms with E-state index in [1.807, 2.05) is 6.92 Å². The third-order valence-electron chi connectivity index (χ3n) is 2.84. The molecule has 0 aliphatic heterocycles. The maximum absolute atomic E-state index is 12.3.